The molecule has 3 saturated carbocycles. The molecule has 24 heavy (non-hydrogen) atoms. The number of epoxide rings is 1. The summed E-state index contributed by atoms with van der Waals surface area (Å²) in [6.45, 7) is 3.77. The lowest BCUT2D eigenvalue weighted by atomic mass is 9.54. The Morgan fingerprint density at radius 2 is 1.92 bits per heavy atom. The van der Waals surface area contributed by atoms with Gasteiger partial charge in [-0.05, 0) is 55.9 Å². The van der Waals surface area contributed by atoms with E-state index < -0.39 is 0 Å². The Bertz CT molecular complexity index is 623. The Kier molecular flexibility index (Phi) is 2.62. The second kappa shape index (κ2) is 4.28. The highest BCUT2D eigenvalue weighted by atomic mass is 16.7. The van der Waals surface area contributed by atoms with E-state index >= 15 is 0 Å². The molecule has 1 N–H and O–H groups in total. The maximum Gasteiger partial charge on any atom is 0.171 e. The molecule has 132 valence electrons. The number of ether oxygens (including phenoxy) is 3. The van der Waals surface area contributed by atoms with Crippen molar-refractivity contribution >= 4 is 0 Å². The number of rotatable bonds is 0. The van der Waals surface area contributed by atoms with Gasteiger partial charge in [0.2, 0.25) is 0 Å². The highest BCUT2D eigenvalue weighted by Gasteiger charge is 2.79. The first-order valence-electron chi connectivity index (χ1n) is 9.89. The SMILES string of the molecule is CC12CC=C3C(CC[C@@]45CC6(CC[C@@]34O5)OCCO6)C1CCC2O. The molecule has 4 heteroatoms. The highest BCUT2D eigenvalue weighted by molar-refractivity contribution is 5.43. The van der Waals surface area contributed by atoms with Crippen LogP contribution >= 0.6 is 0 Å². The van der Waals surface area contributed by atoms with Crippen LogP contribution in [0.25, 0.3) is 0 Å². The van der Waals surface area contributed by atoms with E-state index in [1.807, 2.05) is 0 Å². The number of fused-ring (bicyclic) bond motifs is 3. The van der Waals surface area contributed by atoms with Gasteiger partial charge in [0.25, 0.3) is 0 Å². The molecule has 4 aliphatic carbocycles. The van der Waals surface area contributed by atoms with Crippen molar-refractivity contribution in [3.8, 4) is 0 Å². The predicted octanol–water partition coefficient (Wildman–Crippen LogP) is 2.94. The van der Waals surface area contributed by atoms with Gasteiger partial charge in [0.1, 0.15) is 11.2 Å². The van der Waals surface area contributed by atoms with E-state index in [1.165, 1.54) is 12.8 Å². The lowest BCUT2D eigenvalue weighted by molar-refractivity contribution is -0.185. The third kappa shape index (κ3) is 1.52. The lowest BCUT2D eigenvalue weighted by Gasteiger charge is -2.49. The molecule has 2 saturated heterocycles. The Balaban J connectivity index is 1.36. The van der Waals surface area contributed by atoms with Crippen molar-refractivity contribution in [3.63, 3.8) is 0 Å². The first kappa shape index (κ1) is 14.7. The number of hydrogen-bond donors (Lipinski definition) is 1. The summed E-state index contributed by atoms with van der Waals surface area (Å²) in [4.78, 5) is 0. The average molecular weight is 332 g/mol. The minimum absolute atomic E-state index is 0.0225. The normalized spacial score (nSPS) is 56.9. The van der Waals surface area contributed by atoms with Gasteiger partial charge in [0, 0.05) is 18.3 Å². The van der Waals surface area contributed by atoms with Gasteiger partial charge in [0.15, 0.2) is 5.79 Å². The largest absolute Gasteiger partial charge is 0.393 e. The molecule has 6 rings (SSSR count). The Morgan fingerprint density at radius 3 is 2.75 bits per heavy atom. The molecule has 1 spiro atoms. The molecule has 0 bridgehead atoms. The molecule has 4 nitrogen and oxygen atoms in total. The van der Waals surface area contributed by atoms with Gasteiger partial charge in [-0.15, -0.1) is 0 Å². The Morgan fingerprint density at radius 1 is 1.08 bits per heavy atom. The highest BCUT2D eigenvalue weighted by Crippen LogP contribution is 2.73. The number of aliphatic hydroxyl groups excluding tert-OH is 1. The maximum atomic E-state index is 10.5. The van der Waals surface area contributed by atoms with Gasteiger partial charge < -0.3 is 19.3 Å². The summed E-state index contributed by atoms with van der Waals surface area (Å²) in [5, 5.41) is 10.5. The fraction of sp³-hybridized carbons (Fsp3) is 0.900. The topological polar surface area (TPSA) is 51.2 Å². The van der Waals surface area contributed by atoms with E-state index in [-0.39, 0.29) is 28.5 Å². The summed E-state index contributed by atoms with van der Waals surface area (Å²) in [7, 11) is 0. The number of hydrogen-bond acceptors (Lipinski definition) is 4. The molecule has 0 amide bonds. The van der Waals surface area contributed by atoms with Crippen molar-refractivity contribution in [1.29, 1.82) is 0 Å². The fourth-order valence-corrected chi connectivity index (χ4v) is 7.31. The summed E-state index contributed by atoms with van der Waals surface area (Å²) < 4.78 is 18.6. The van der Waals surface area contributed by atoms with Gasteiger partial charge in [-0.25, -0.2) is 0 Å². The average Bonchev–Trinajstić information content (AvgIpc) is 2.88. The van der Waals surface area contributed by atoms with Crippen molar-refractivity contribution in [1.82, 2.24) is 0 Å². The van der Waals surface area contributed by atoms with Crippen LogP contribution in [0.4, 0.5) is 0 Å². The van der Waals surface area contributed by atoms with Gasteiger partial charge in [-0.3, -0.25) is 0 Å². The zero-order chi connectivity index (χ0) is 16.2. The zero-order valence-corrected chi connectivity index (χ0v) is 14.6. The van der Waals surface area contributed by atoms with E-state index in [1.54, 1.807) is 5.57 Å². The monoisotopic (exact) mass is 332 g/mol. The summed E-state index contributed by atoms with van der Waals surface area (Å²) in [6, 6.07) is 0. The van der Waals surface area contributed by atoms with Crippen molar-refractivity contribution in [3.05, 3.63) is 11.6 Å². The molecule has 0 aromatic heterocycles. The summed E-state index contributed by atoms with van der Waals surface area (Å²) in [6.07, 6.45) is 10.8. The summed E-state index contributed by atoms with van der Waals surface area (Å²) >= 11 is 0. The third-order valence-electron chi connectivity index (χ3n) is 8.62. The second-order valence-corrected chi connectivity index (χ2v) is 9.42. The smallest absolute Gasteiger partial charge is 0.171 e. The first-order chi connectivity index (χ1) is 11.5. The molecule has 0 radical (unpaired) electrons. The molecule has 0 aromatic rings. The van der Waals surface area contributed by atoms with Crippen LogP contribution < -0.4 is 0 Å². The summed E-state index contributed by atoms with van der Waals surface area (Å²) in [5.41, 5.74) is 1.62. The van der Waals surface area contributed by atoms with Crippen LogP contribution in [0.5, 0.6) is 0 Å². The molecule has 0 aromatic carbocycles. The van der Waals surface area contributed by atoms with Crippen molar-refractivity contribution in [2.24, 2.45) is 17.3 Å². The second-order valence-electron chi connectivity index (χ2n) is 9.42. The molecule has 4 unspecified atom stereocenters. The van der Waals surface area contributed by atoms with Crippen LogP contribution in [0.2, 0.25) is 0 Å². The van der Waals surface area contributed by atoms with Crippen molar-refractivity contribution in [2.75, 3.05) is 13.2 Å². The zero-order valence-electron chi connectivity index (χ0n) is 14.6. The minimum atomic E-state index is -0.361. The van der Waals surface area contributed by atoms with E-state index in [9.17, 15) is 5.11 Å². The van der Waals surface area contributed by atoms with Gasteiger partial charge in [-0.2, -0.15) is 0 Å². The van der Waals surface area contributed by atoms with E-state index in [4.69, 9.17) is 14.2 Å². The van der Waals surface area contributed by atoms with Gasteiger partial charge in [0.05, 0.1) is 19.3 Å². The third-order valence-corrected chi connectivity index (χ3v) is 8.62. The molecular formula is C20H28O4. The quantitative estimate of drug-likeness (QED) is 0.547. The van der Waals surface area contributed by atoms with Crippen molar-refractivity contribution < 1.29 is 19.3 Å². The van der Waals surface area contributed by atoms with E-state index in [0.29, 0.717) is 11.8 Å². The lowest BCUT2D eigenvalue weighted by Crippen LogP contribution is -2.52. The molecule has 5 fully saturated rings. The van der Waals surface area contributed by atoms with Crippen LogP contribution in [0.3, 0.4) is 0 Å². The standard InChI is InChI=1S/C20H28O4/c1-17-6-5-15-13(14(17)2-3-16(17)21)4-7-18-12-19(22-10-11-23-19)8-9-20(15,18)24-18/h5,13-14,16,21H,2-4,6-12H2,1H3/t13?,14?,16?,17?,18-,20-/m1/s1. The summed E-state index contributed by atoms with van der Waals surface area (Å²) in [5.74, 6) is 0.898. The molecular weight excluding hydrogens is 304 g/mol. The van der Waals surface area contributed by atoms with Gasteiger partial charge in [-0.1, -0.05) is 13.0 Å². The fourth-order valence-electron chi connectivity index (χ4n) is 7.31. The molecule has 6 atom stereocenters. The van der Waals surface area contributed by atoms with Crippen LogP contribution in [0, 0.1) is 17.3 Å². The number of aliphatic hydroxyl groups is 1. The van der Waals surface area contributed by atoms with Crippen molar-refractivity contribution in [2.45, 2.75) is 81.4 Å². The minimum Gasteiger partial charge on any atom is -0.393 e. The predicted molar refractivity (Wildman–Crippen MR) is 87.3 cm³/mol. The van der Waals surface area contributed by atoms with E-state index in [0.717, 1.165) is 51.7 Å². The first-order valence-corrected chi connectivity index (χ1v) is 9.89. The number of allylic oxidation sites excluding steroid dienone is 1. The molecule has 2 heterocycles. The van der Waals surface area contributed by atoms with Gasteiger partial charge >= 0.3 is 0 Å². The Hall–Kier alpha value is -0.420. The Labute approximate surface area is 143 Å². The van der Waals surface area contributed by atoms with E-state index in [2.05, 4.69) is 13.0 Å². The van der Waals surface area contributed by atoms with Crippen LogP contribution in [-0.2, 0) is 14.2 Å². The van der Waals surface area contributed by atoms with Crippen LogP contribution in [0.1, 0.15) is 58.3 Å². The van der Waals surface area contributed by atoms with Crippen LogP contribution in [-0.4, -0.2) is 41.4 Å². The molecule has 6 aliphatic rings. The molecule has 2 aliphatic heterocycles. The maximum absolute atomic E-state index is 10.5. The van der Waals surface area contributed by atoms with Crippen LogP contribution in [0.15, 0.2) is 11.6 Å².